The molecular formula is C11H8N4O2. The van der Waals surface area contributed by atoms with Gasteiger partial charge in [0, 0.05) is 5.39 Å². The van der Waals surface area contributed by atoms with Crippen LogP contribution in [-0.4, -0.2) is 31.1 Å². The van der Waals surface area contributed by atoms with Crippen LogP contribution in [0.4, 0.5) is 0 Å². The lowest BCUT2D eigenvalue weighted by atomic mass is 10.1. The number of pyridine rings is 1. The maximum absolute atomic E-state index is 11.1. The number of hydrogen-bond acceptors (Lipinski definition) is 4. The van der Waals surface area contributed by atoms with Gasteiger partial charge in [0.25, 0.3) is 0 Å². The molecule has 0 aliphatic heterocycles. The smallest absolute Gasteiger partial charge is 0.339 e. The average Bonchev–Trinajstić information content (AvgIpc) is 2.76. The van der Waals surface area contributed by atoms with Crippen molar-refractivity contribution in [2.45, 2.75) is 6.92 Å². The van der Waals surface area contributed by atoms with Crippen LogP contribution >= 0.6 is 0 Å². The summed E-state index contributed by atoms with van der Waals surface area (Å²) in [4.78, 5) is 11.1. The maximum Gasteiger partial charge on any atom is 0.339 e. The number of aryl methyl sites for hydroxylation is 1. The molecule has 17 heavy (non-hydrogen) atoms. The lowest BCUT2D eigenvalue weighted by Crippen LogP contribution is -2.02. The molecule has 0 aliphatic carbocycles. The molecule has 0 aliphatic rings. The van der Waals surface area contributed by atoms with E-state index in [9.17, 15) is 4.79 Å². The van der Waals surface area contributed by atoms with Crippen molar-refractivity contribution < 1.29 is 9.90 Å². The summed E-state index contributed by atoms with van der Waals surface area (Å²) in [6.45, 7) is 1.96. The van der Waals surface area contributed by atoms with Crippen LogP contribution in [0.3, 0.4) is 0 Å². The Bertz CT molecular complexity index is 748. The molecule has 0 saturated carbocycles. The number of tetrazole rings is 1. The predicted molar refractivity (Wildman–Crippen MR) is 60.0 cm³/mol. The lowest BCUT2D eigenvalue weighted by molar-refractivity contribution is 0.0698. The molecule has 6 nitrogen and oxygen atoms in total. The van der Waals surface area contributed by atoms with E-state index in [2.05, 4.69) is 15.5 Å². The van der Waals surface area contributed by atoms with E-state index >= 15 is 0 Å². The van der Waals surface area contributed by atoms with Crippen molar-refractivity contribution in [2.75, 3.05) is 0 Å². The minimum atomic E-state index is -1.03. The van der Waals surface area contributed by atoms with E-state index in [0.29, 0.717) is 0 Å². The second kappa shape index (κ2) is 3.24. The zero-order chi connectivity index (χ0) is 12.0. The molecule has 1 N–H and O–H groups in total. The van der Waals surface area contributed by atoms with Crippen LogP contribution in [0, 0.1) is 6.92 Å². The SMILES string of the molecule is Cc1ccc2cc(C(=O)O)c3nnnn3c2c1. The molecule has 6 heteroatoms. The van der Waals surface area contributed by atoms with Gasteiger partial charge in [-0.3, -0.25) is 0 Å². The summed E-state index contributed by atoms with van der Waals surface area (Å²) >= 11 is 0. The summed E-state index contributed by atoms with van der Waals surface area (Å²) in [7, 11) is 0. The van der Waals surface area contributed by atoms with Crippen LogP contribution in [0.2, 0.25) is 0 Å². The van der Waals surface area contributed by atoms with E-state index in [1.807, 2.05) is 25.1 Å². The number of carbonyl (C=O) groups is 1. The Morgan fingerprint density at radius 1 is 1.35 bits per heavy atom. The van der Waals surface area contributed by atoms with Gasteiger partial charge in [-0.1, -0.05) is 12.1 Å². The van der Waals surface area contributed by atoms with Crippen molar-refractivity contribution >= 4 is 22.5 Å². The normalized spacial score (nSPS) is 11.1. The highest BCUT2D eigenvalue weighted by Crippen LogP contribution is 2.20. The van der Waals surface area contributed by atoms with Crippen LogP contribution in [0.5, 0.6) is 0 Å². The average molecular weight is 228 g/mol. The summed E-state index contributed by atoms with van der Waals surface area (Å²) in [5.41, 5.74) is 2.23. The second-order valence-electron chi connectivity index (χ2n) is 3.84. The maximum atomic E-state index is 11.1. The van der Waals surface area contributed by atoms with Gasteiger partial charge in [0.1, 0.15) is 5.56 Å². The Morgan fingerprint density at radius 3 is 2.94 bits per heavy atom. The topological polar surface area (TPSA) is 80.4 Å². The Hall–Kier alpha value is -2.50. The first-order valence-electron chi connectivity index (χ1n) is 5.01. The quantitative estimate of drug-likeness (QED) is 0.678. The number of benzene rings is 1. The van der Waals surface area contributed by atoms with Crippen molar-refractivity contribution in [3.8, 4) is 0 Å². The fraction of sp³-hybridized carbons (Fsp3) is 0.0909. The van der Waals surface area contributed by atoms with Crippen molar-refractivity contribution in [3.05, 3.63) is 35.4 Å². The predicted octanol–water partition coefficient (Wildman–Crippen LogP) is 1.28. The van der Waals surface area contributed by atoms with Crippen LogP contribution < -0.4 is 0 Å². The van der Waals surface area contributed by atoms with Gasteiger partial charge in [0.15, 0.2) is 5.65 Å². The Balaban J connectivity index is 2.55. The minimum Gasteiger partial charge on any atom is -0.478 e. The van der Waals surface area contributed by atoms with Crippen molar-refractivity contribution in [2.24, 2.45) is 0 Å². The fourth-order valence-electron chi connectivity index (χ4n) is 1.85. The Morgan fingerprint density at radius 2 is 2.18 bits per heavy atom. The van der Waals surface area contributed by atoms with Gasteiger partial charge in [0.2, 0.25) is 0 Å². The molecule has 0 radical (unpaired) electrons. The van der Waals surface area contributed by atoms with Gasteiger partial charge in [-0.05, 0) is 35.0 Å². The molecule has 2 heterocycles. The lowest BCUT2D eigenvalue weighted by Gasteiger charge is -2.03. The summed E-state index contributed by atoms with van der Waals surface area (Å²) in [6, 6.07) is 7.29. The van der Waals surface area contributed by atoms with E-state index in [-0.39, 0.29) is 11.2 Å². The van der Waals surface area contributed by atoms with E-state index in [0.717, 1.165) is 16.5 Å². The molecule has 0 spiro atoms. The van der Waals surface area contributed by atoms with Gasteiger partial charge in [-0.25, -0.2) is 4.79 Å². The molecule has 1 aromatic carbocycles. The number of nitrogens with zero attached hydrogens (tertiary/aromatic N) is 4. The van der Waals surface area contributed by atoms with Crippen LogP contribution in [0.15, 0.2) is 24.3 Å². The third-order valence-corrected chi connectivity index (χ3v) is 2.65. The minimum absolute atomic E-state index is 0.103. The highest BCUT2D eigenvalue weighted by molar-refractivity contribution is 5.99. The molecule has 3 rings (SSSR count). The van der Waals surface area contributed by atoms with E-state index in [1.54, 1.807) is 6.07 Å². The zero-order valence-electron chi connectivity index (χ0n) is 8.95. The third kappa shape index (κ3) is 1.34. The van der Waals surface area contributed by atoms with Gasteiger partial charge in [-0.2, -0.15) is 4.52 Å². The molecule has 2 aromatic heterocycles. The standard InChI is InChI=1S/C11H8N4O2/c1-6-2-3-7-5-8(11(16)17)10-12-13-14-15(10)9(7)4-6/h2-5H,1H3,(H,16,17). The molecule has 0 fully saturated rings. The molecule has 0 atom stereocenters. The Kier molecular flexibility index (Phi) is 1.85. The van der Waals surface area contributed by atoms with Gasteiger partial charge < -0.3 is 5.11 Å². The fourth-order valence-corrected chi connectivity index (χ4v) is 1.85. The molecule has 0 unspecified atom stereocenters. The highest BCUT2D eigenvalue weighted by Gasteiger charge is 2.14. The number of fused-ring (bicyclic) bond motifs is 3. The van der Waals surface area contributed by atoms with Gasteiger partial charge >= 0.3 is 5.97 Å². The Labute approximate surface area is 95.5 Å². The largest absolute Gasteiger partial charge is 0.478 e. The number of aromatic carboxylic acids is 1. The molecule has 84 valence electrons. The number of carboxylic acid groups (broad SMARTS) is 1. The molecule has 0 bridgehead atoms. The van der Waals surface area contributed by atoms with E-state index in [1.165, 1.54) is 4.52 Å². The van der Waals surface area contributed by atoms with Gasteiger partial charge in [0.05, 0.1) is 5.52 Å². The van der Waals surface area contributed by atoms with Crippen molar-refractivity contribution in [1.29, 1.82) is 0 Å². The molecule has 0 saturated heterocycles. The highest BCUT2D eigenvalue weighted by atomic mass is 16.4. The first kappa shape index (κ1) is 9.71. The third-order valence-electron chi connectivity index (χ3n) is 2.65. The van der Waals surface area contributed by atoms with Crippen molar-refractivity contribution in [3.63, 3.8) is 0 Å². The second-order valence-corrected chi connectivity index (χ2v) is 3.84. The summed E-state index contributed by atoms with van der Waals surface area (Å²) < 4.78 is 1.45. The summed E-state index contributed by atoms with van der Waals surface area (Å²) in [5, 5.41) is 21.0. The molecule has 3 aromatic rings. The first-order chi connectivity index (χ1) is 8.16. The number of aromatic nitrogens is 4. The summed E-state index contributed by atoms with van der Waals surface area (Å²) in [5.74, 6) is -1.03. The number of rotatable bonds is 1. The van der Waals surface area contributed by atoms with Crippen LogP contribution in [-0.2, 0) is 0 Å². The molecular weight excluding hydrogens is 220 g/mol. The van der Waals surface area contributed by atoms with E-state index in [4.69, 9.17) is 5.11 Å². The number of hydrogen-bond donors (Lipinski definition) is 1. The number of carboxylic acids is 1. The van der Waals surface area contributed by atoms with Crippen LogP contribution in [0.1, 0.15) is 15.9 Å². The molecule has 0 amide bonds. The summed E-state index contributed by atoms with van der Waals surface area (Å²) in [6.07, 6.45) is 0. The van der Waals surface area contributed by atoms with Crippen molar-refractivity contribution in [1.82, 2.24) is 20.0 Å². The first-order valence-corrected chi connectivity index (χ1v) is 5.01. The zero-order valence-corrected chi connectivity index (χ0v) is 8.95. The van der Waals surface area contributed by atoms with Crippen LogP contribution in [0.25, 0.3) is 16.6 Å². The monoisotopic (exact) mass is 228 g/mol. The van der Waals surface area contributed by atoms with Gasteiger partial charge in [-0.15, -0.1) is 5.10 Å². The van der Waals surface area contributed by atoms with E-state index < -0.39 is 5.97 Å².